The summed E-state index contributed by atoms with van der Waals surface area (Å²) in [6, 6.07) is 10.0. The van der Waals surface area contributed by atoms with Gasteiger partial charge >= 0.3 is 0 Å². The van der Waals surface area contributed by atoms with Crippen LogP contribution in [0.15, 0.2) is 48.2 Å². The van der Waals surface area contributed by atoms with Gasteiger partial charge in [0.2, 0.25) is 0 Å². The van der Waals surface area contributed by atoms with Crippen molar-refractivity contribution in [3.63, 3.8) is 0 Å². The lowest BCUT2D eigenvalue weighted by molar-refractivity contribution is -0.137. The zero-order valence-corrected chi connectivity index (χ0v) is 16.8. The number of halogens is 2. The molecular formula is C23H23F2N3O2. The number of nitrogens with one attached hydrogen (secondary N) is 1. The molecule has 1 saturated heterocycles. The van der Waals surface area contributed by atoms with E-state index >= 15 is 0 Å². The van der Waals surface area contributed by atoms with Crippen molar-refractivity contribution in [1.82, 2.24) is 4.90 Å². The van der Waals surface area contributed by atoms with Crippen molar-refractivity contribution in [3.05, 3.63) is 70.9 Å². The van der Waals surface area contributed by atoms with Crippen LogP contribution in [0.4, 0.5) is 20.2 Å². The molecule has 0 aromatic heterocycles. The fourth-order valence-electron chi connectivity index (χ4n) is 3.77. The summed E-state index contributed by atoms with van der Waals surface area (Å²) in [6.07, 6.45) is 4.79. The van der Waals surface area contributed by atoms with Crippen molar-refractivity contribution in [2.24, 2.45) is 0 Å². The Balaban J connectivity index is 1.43. The molecule has 1 N–H and O–H groups in total. The molecule has 2 aliphatic rings. The molecule has 2 aromatic carbocycles. The molecule has 0 saturated carbocycles. The second kappa shape index (κ2) is 8.26. The minimum Gasteiger partial charge on any atom is -0.372 e. The van der Waals surface area contributed by atoms with Crippen molar-refractivity contribution in [1.29, 1.82) is 0 Å². The highest BCUT2D eigenvalue weighted by atomic mass is 19.1. The third kappa shape index (κ3) is 4.06. The lowest BCUT2D eigenvalue weighted by Crippen LogP contribution is -2.31. The van der Waals surface area contributed by atoms with E-state index in [1.807, 2.05) is 24.3 Å². The lowest BCUT2D eigenvalue weighted by atomic mass is 10.1. The van der Waals surface area contributed by atoms with Crippen LogP contribution in [-0.2, 0) is 16.1 Å². The number of nitrogens with zero attached hydrogens (tertiary/aromatic N) is 2. The summed E-state index contributed by atoms with van der Waals surface area (Å²) in [5.41, 5.74) is 1.95. The molecule has 2 aromatic rings. The number of rotatable bonds is 5. The molecule has 5 nitrogen and oxygen atoms in total. The van der Waals surface area contributed by atoms with E-state index in [0.717, 1.165) is 47.4 Å². The van der Waals surface area contributed by atoms with Crippen LogP contribution in [0.3, 0.4) is 0 Å². The average Bonchev–Trinajstić information content (AvgIpc) is 3.00. The fraction of sp³-hybridized carbons (Fsp3) is 0.304. The molecule has 2 aliphatic heterocycles. The molecule has 0 bridgehead atoms. The third-order valence-corrected chi connectivity index (χ3v) is 5.57. The van der Waals surface area contributed by atoms with Crippen LogP contribution in [0, 0.1) is 18.6 Å². The number of carbonyl (C=O) groups is 2. The zero-order valence-electron chi connectivity index (χ0n) is 16.8. The third-order valence-electron chi connectivity index (χ3n) is 5.57. The molecule has 1 fully saturated rings. The quantitative estimate of drug-likeness (QED) is 0.752. The number of benzene rings is 2. The van der Waals surface area contributed by atoms with Crippen LogP contribution >= 0.6 is 0 Å². The van der Waals surface area contributed by atoms with E-state index in [4.69, 9.17) is 0 Å². The average molecular weight is 411 g/mol. The van der Waals surface area contributed by atoms with Gasteiger partial charge < -0.3 is 10.2 Å². The molecule has 7 heteroatoms. The molecule has 0 spiro atoms. The summed E-state index contributed by atoms with van der Waals surface area (Å²) in [4.78, 5) is 28.4. The predicted octanol–water partition coefficient (Wildman–Crippen LogP) is 4.13. The van der Waals surface area contributed by atoms with Gasteiger partial charge in [0.15, 0.2) is 0 Å². The Labute approximate surface area is 174 Å². The van der Waals surface area contributed by atoms with Crippen molar-refractivity contribution < 1.29 is 18.4 Å². The summed E-state index contributed by atoms with van der Waals surface area (Å²) in [6.45, 7) is 3.55. The Hall–Kier alpha value is -3.22. The van der Waals surface area contributed by atoms with Gasteiger partial charge in [-0.15, -0.1) is 0 Å². The van der Waals surface area contributed by atoms with Gasteiger partial charge in [0, 0.05) is 36.1 Å². The predicted molar refractivity (Wildman–Crippen MR) is 111 cm³/mol. The Morgan fingerprint density at radius 2 is 1.60 bits per heavy atom. The molecule has 0 unspecified atom stereocenters. The standard InChI is InChI=1S/C23H23F2N3O2/c1-15-19(24)11-17(12-20(15)25)26-21-13-22(29)28(23(21)30)14-16-5-7-18(8-6-16)27-9-3-2-4-10-27/h5-8,11-13,26H,2-4,9-10,14H2,1H3. The molecule has 0 aliphatic carbocycles. The Morgan fingerprint density at radius 1 is 0.967 bits per heavy atom. The van der Waals surface area contributed by atoms with E-state index in [1.165, 1.54) is 26.2 Å². The SMILES string of the molecule is Cc1c(F)cc(NC2=CC(=O)N(Cc3ccc(N4CCCCC4)cc3)C2=O)cc1F. The first kappa shape index (κ1) is 20.1. The van der Waals surface area contributed by atoms with Crippen molar-refractivity contribution in [3.8, 4) is 0 Å². The number of hydrogen-bond acceptors (Lipinski definition) is 4. The number of piperidine rings is 1. The van der Waals surface area contributed by atoms with Crippen LogP contribution in [0.25, 0.3) is 0 Å². The maximum Gasteiger partial charge on any atom is 0.277 e. The largest absolute Gasteiger partial charge is 0.372 e. The molecular weight excluding hydrogens is 388 g/mol. The number of carbonyl (C=O) groups excluding carboxylic acids is 2. The summed E-state index contributed by atoms with van der Waals surface area (Å²) in [5, 5.41) is 2.66. The van der Waals surface area contributed by atoms with Crippen molar-refractivity contribution in [2.75, 3.05) is 23.3 Å². The van der Waals surface area contributed by atoms with Gasteiger partial charge in [-0.2, -0.15) is 0 Å². The first-order valence-corrected chi connectivity index (χ1v) is 10.1. The van der Waals surface area contributed by atoms with Gasteiger partial charge in [0.25, 0.3) is 11.8 Å². The number of hydrogen-bond donors (Lipinski definition) is 1. The van der Waals surface area contributed by atoms with Gasteiger partial charge in [0.05, 0.1) is 6.54 Å². The van der Waals surface area contributed by atoms with E-state index in [2.05, 4.69) is 10.2 Å². The zero-order chi connectivity index (χ0) is 21.3. The highest BCUT2D eigenvalue weighted by Crippen LogP contribution is 2.24. The van der Waals surface area contributed by atoms with Crippen molar-refractivity contribution >= 4 is 23.2 Å². The van der Waals surface area contributed by atoms with E-state index in [-0.39, 0.29) is 23.5 Å². The molecule has 30 heavy (non-hydrogen) atoms. The maximum absolute atomic E-state index is 13.8. The molecule has 2 amide bonds. The van der Waals surface area contributed by atoms with Gasteiger partial charge in [0.1, 0.15) is 17.3 Å². The Morgan fingerprint density at radius 3 is 2.23 bits per heavy atom. The molecule has 2 heterocycles. The molecule has 0 atom stereocenters. The topological polar surface area (TPSA) is 52.7 Å². The van der Waals surface area contributed by atoms with E-state index < -0.39 is 23.4 Å². The molecule has 156 valence electrons. The normalized spacial score (nSPS) is 16.8. The monoisotopic (exact) mass is 411 g/mol. The van der Waals surface area contributed by atoms with E-state index in [1.54, 1.807) is 0 Å². The Bertz CT molecular complexity index is 989. The number of amides is 2. The highest BCUT2D eigenvalue weighted by molar-refractivity contribution is 6.17. The van der Waals surface area contributed by atoms with E-state index in [0.29, 0.717) is 0 Å². The maximum atomic E-state index is 13.8. The van der Waals surface area contributed by atoms with Crippen LogP contribution in [-0.4, -0.2) is 29.8 Å². The fourth-order valence-corrected chi connectivity index (χ4v) is 3.77. The smallest absolute Gasteiger partial charge is 0.277 e. The minimum absolute atomic E-state index is 0.00686. The van der Waals surface area contributed by atoms with Gasteiger partial charge in [-0.05, 0) is 56.0 Å². The van der Waals surface area contributed by atoms with Crippen LogP contribution in [0.5, 0.6) is 0 Å². The minimum atomic E-state index is -0.722. The van der Waals surface area contributed by atoms with Gasteiger partial charge in [-0.25, -0.2) is 8.78 Å². The summed E-state index contributed by atoms with van der Waals surface area (Å²) in [5.74, 6) is -2.43. The first-order chi connectivity index (χ1) is 14.4. The number of imide groups is 1. The summed E-state index contributed by atoms with van der Waals surface area (Å²) >= 11 is 0. The van der Waals surface area contributed by atoms with Crippen LogP contribution in [0.1, 0.15) is 30.4 Å². The highest BCUT2D eigenvalue weighted by Gasteiger charge is 2.31. The van der Waals surface area contributed by atoms with Crippen LogP contribution in [0.2, 0.25) is 0 Å². The summed E-state index contributed by atoms with van der Waals surface area (Å²) in [7, 11) is 0. The van der Waals surface area contributed by atoms with Crippen LogP contribution < -0.4 is 10.2 Å². The molecule has 4 rings (SSSR count). The second-order valence-electron chi connectivity index (χ2n) is 7.69. The lowest BCUT2D eigenvalue weighted by Gasteiger charge is -2.29. The summed E-state index contributed by atoms with van der Waals surface area (Å²) < 4.78 is 27.5. The van der Waals surface area contributed by atoms with Gasteiger partial charge in [-0.3, -0.25) is 14.5 Å². The second-order valence-corrected chi connectivity index (χ2v) is 7.69. The van der Waals surface area contributed by atoms with Crippen molar-refractivity contribution in [2.45, 2.75) is 32.7 Å². The van der Waals surface area contributed by atoms with E-state index in [9.17, 15) is 18.4 Å². The molecule has 0 radical (unpaired) electrons. The Kier molecular flexibility index (Phi) is 5.53. The first-order valence-electron chi connectivity index (χ1n) is 10.1. The van der Waals surface area contributed by atoms with Gasteiger partial charge in [-0.1, -0.05) is 12.1 Å². The number of anilines is 2.